The first-order valence-corrected chi connectivity index (χ1v) is 9.12. The van der Waals surface area contributed by atoms with Crippen molar-refractivity contribution in [2.45, 2.75) is 63.1 Å². The van der Waals surface area contributed by atoms with Gasteiger partial charge < -0.3 is 9.47 Å². The summed E-state index contributed by atoms with van der Waals surface area (Å²) < 4.78 is 89.8. The molecule has 0 aliphatic heterocycles. The Morgan fingerprint density at radius 2 is 1.66 bits per heavy atom. The molecule has 0 unspecified atom stereocenters. The second kappa shape index (κ2) is 10.7. The zero-order valence-electron chi connectivity index (χ0n) is 16.1. The molecule has 0 bridgehead atoms. The van der Waals surface area contributed by atoms with Crippen molar-refractivity contribution in [2.75, 3.05) is 7.11 Å². The molecule has 0 N–H and O–H groups in total. The van der Waals surface area contributed by atoms with Gasteiger partial charge in [0.25, 0.3) is 5.60 Å². The zero-order valence-corrected chi connectivity index (χ0v) is 16.1. The van der Waals surface area contributed by atoms with Crippen LogP contribution in [0.2, 0.25) is 0 Å². The van der Waals surface area contributed by atoms with Gasteiger partial charge in [-0.2, -0.15) is 26.3 Å². The third-order valence-electron chi connectivity index (χ3n) is 4.26. The Morgan fingerprint density at radius 1 is 1.03 bits per heavy atom. The SMILES string of the molecule is CCCCCC/C=C/[C@@H](OC(=O)[C@@](OC)(c1ccccc1)C(F)(F)F)C(F)(F)F. The lowest BCUT2D eigenvalue weighted by atomic mass is 9.92. The van der Waals surface area contributed by atoms with E-state index in [4.69, 9.17) is 0 Å². The minimum Gasteiger partial charge on any atom is -0.446 e. The molecule has 0 saturated carbocycles. The number of hydrogen-bond acceptors (Lipinski definition) is 3. The molecule has 0 aromatic heterocycles. The van der Waals surface area contributed by atoms with E-state index in [9.17, 15) is 31.1 Å². The molecule has 1 aromatic rings. The van der Waals surface area contributed by atoms with Crippen LogP contribution in [0.1, 0.15) is 44.6 Å². The number of hydrogen-bond donors (Lipinski definition) is 0. The van der Waals surface area contributed by atoms with E-state index >= 15 is 0 Å². The number of ether oxygens (including phenoxy) is 2. The molecule has 0 saturated heterocycles. The Balaban J connectivity index is 3.12. The Bertz CT molecular complexity index is 654. The monoisotopic (exact) mass is 426 g/mol. The number of allylic oxidation sites excluding steroid dienone is 1. The van der Waals surface area contributed by atoms with Gasteiger partial charge in [-0.25, -0.2) is 4.79 Å². The van der Waals surface area contributed by atoms with Gasteiger partial charge in [0.15, 0.2) is 0 Å². The number of carbonyl (C=O) groups is 1. The third-order valence-corrected chi connectivity index (χ3v) is 4.26. The summed E-state index contributed by atoms with van der Waals surface area (Å²) >= 11 is 0. The summed E-state index contributed by atoms with van der Waals surface area (Å²) in [6, 6.07) is 5.68. The average molecular weight is 426 g/mol. The Morgan fingerprint density at radius 3 is 2.14 bits per heavy atom. The van der Waals surface area contributed by atoms with Crippen LogP contribution in [-0.4, -0.2) is 31.5 Å². The first kappa shape index (κ1) is 25.0. The lowest BCUT2D eigenvalue weighted by Crippen LogP contribution is -2.53. The minimum atomic E-state index is -5.35. The molecule has 3 nitrogen and oxygen atoms in total. The first-order chi connectivity index (χ1) is 13.5. The molecule has 9 heteroatoms. The summed E-state index contributed by atoms with van der Waals surface area (Å²) in [5.74, 6) is -2.18. The van der Waals surface area contributed by atoms with Crippen LogP contribution < -0.4 is 0 Å². The molecule has 29 heavy (non-hydrogen) atoms. The smallest absolute Gasteiger partial charge is 0.432 e. The fourth-order valence-electron chi connectivity index (χ4n) is 2.71. The normalized spacial score (nSPS) is 15.9. The molecule has 1 aromatic carbocycles. The predicted molar refractivity (Wildman–Crippen MR) is 95.0 cm³/mol. The van der Waals surface area contributed by atoms with Crippen molar-refractivity contribution in [3.05, 3.63) is 48.0 Å². The van der Waals surface area contributed by atoms with Crippen molar-refractivity contribution in [3.8, 4) is 0 Å². The topological polar surface area (TPSA) is 35.5 Å². The third kappa shape index (κ3) is 6.48. The molecule has 164 valence electrons. The highest BCUT2D eigenvalue weighted by molar-refractivity contribution is 5.83. The van der Waals surface area contributed by atoms with E-state index in [1.54, 1.807) is 0 Å². The zero-order chi connectivity index (χ0) is 22.1. The number of halogens is 6. The average Bonchev–Trinajstić information content (AvgIpc) is 2.63. The van der Waals surface area contributed by atoms with E-state index < -0.39 is 35.6 Å². The van der Waals surface area contributed by atoms with Gasteiger partial charge in [-0.05, 0) is 18.9 Å². The first-order valence-electron chi connectivity index (χ1n) is 9.12. The summed E-state index contributed by atoms with van der Waals surface area (Å²) in [7, 11) is 0.591. The van der Waals surface area contributed by atoms with Crippen LogP contribution >= 0.6 is 0 Å². The molecule has 0 fully saturated rings. The van der Waals surface area contributed by atoms with Crippen LogP contribution in [0.25, 0.3) is 0 Å². The maximum absolute atomic E-state index is 13.8. The van der Waals surface area contributed by atoms with Gasteiger partial charge in [0, 0.05) is 12.7 Å². The van der Waals surface area contributed by atoms with Crippen LogP contribution in [0, 0.1) is 0 Å². The number of carbonyl (C=O) groups excluding carboxylic acids is 1. The van der Waals surface area contributed by atoms with Crippen molar-refractivity contribution in [3.63, 3.8) is 0 Å². The summed E-state index contributed by atoms with van der Waals surface area (Å²) in [6.45, 7) is 1.98. The summed E-state index contributed by atoms with van der Waals surface area (Å²) in [5, 5.41) is 0. The molecule has 0 radical (unpaired) electrons. The largest absolute Gasteiger partial charge is 0.446 e. The maximum Gasteiger partial charge on any atom is 0.432 e. The fraction of sp³-hybridized carbons (Fsp3) is 0.550. The molecule has 0 spiro atoms. The minimum absolute atomic E-state index is 0.289. The summed E-state index contributed by atoms with van der Waals surface area (Å²) in [4.78, 5) is 12.4. The summed E-state index contributed by atoms with van der Waals surface area (Å²) in [5.41, 5.74) is -4.35. The highest BCUT2D eigenvalue weighted by Crippen LogP contribution is 2.43. The van der Waals surface area contributed by atoms with E-state index in [1.165, 1.54) is 18.2 Å². The lowest BCUT2D eigenvalue weighted by molar-refractivity contribution is -0.285. The van der Waals surface area contributed by atoms with Crippen molar-refractivity contribution >= 4 is 5.97 Å². The number of methoxy groups -OCH3 is 1. The van der Waals surface area contributed by atoms with E-state index in [1.807, 2.05) is 6.92 Å². The molecular formula is C20H24F6O3. The number of benzene rings is 1. The molecule has 0 aliphatic carbocycles. The Hall–Kier alpha value is -2.03. The van der Waals surface area contributed by atoms with Gasteiger partial charge >= 0.3 is 18.3 Å². The van der Waals surface area contributed by atoms with Crippen LogP contribution in [0.3, 0.4) is 0 Å². The van der Waals surface area contributed by atoms with Gasteiger partial charge in [-0.15, -0.1) is 0 Å². The molecule has 0 aliphatic rings. The maximum atomic E-state index is 13.8. The number of rotatable bonds is 10. The highest BCUT2D eigenvalue weighted by atomic mass is 19.4. The van der Waals surface area contributed by atoms with Crippen molar-refractivity contribution < 1.29 is 40.6 Å². The van der Waals surface area contributed by atoms with Gasteiger partial charge in [-0.1, -0.05) is 62.6 Å². The molecule has 1 rings (SSSR count). The number of esters is 1. The fourth-order valence-corrected chi connectivity index (χ4v) is 2.71. The van der Waals surface area contributed by atoms with Crippen LogP contribution in [-0.2, 0) is 19.9 Å². The van der Waals surface area contributed by atoms with E-state index in [0.717, 1.165) is 37.5 Å². The van der Waals surface area contributed by atoms with E-state index in [2.05, 4.69) is 9.47 Å². The van der Waals surface area contributed by atoms with Gasteiger partial charge in [0.1, 0.15) is 0 Å². The van der Waals surface area contributed by atoms with Crippen molar-refractivity contribution in [1.82, 2.24) is 0 Å². The molecule has 0 heterocycles. The Labute approximate surface area is 165 Å². The summed E-state index contributed by atoms with van der Waals surface area (Å²) in [6.07, 6.45) is -7.93. The van der Waals surface area contributed by atoms with Gasteiger partial charge in [-0.3, -0.25) is 0 Å². The second-order valence-corrected chi connectivity index (χ2v) is 6.39. The predicted octanol–water partition coefficient (Wildman–Crippen LogP) is 6.09. The Kier molecular flexibility index (Phi) is 9.19. The second-order valence-electron chi connectivity index (χ2n) is 6.39. The lowest BCUT2D eigenvalue weighted by Gasteiger charge is -2.33. The number of alkyl halides is 6. The van der Waals surface area contributed by atoms with Crippen LogP contribution in [0.5, 0.6) is 0 Å². The van der Waals surface area contributed by atoms with E-state index in [-0.39, 0.29) is 6.42 Å². The highest BCUT2D eigenvalue weighted by Gasteiger charge is 2.65. The number of unbranched alkanes of at least 4 members (excludes halogenated alkanes) is 4. The van der Waals surface area contributed by atoms with Crippen molar-refractivity contribution in [1.29, 1.82) is 0 Å². The molecular weight excluding hydrogens is 402 g/mol. The van der Waals surface area contributed by atoms with Gasteiger partial charge in [0.05, 0.1) is 0 Å². The van der Waals surface area contributed by atoms with Crippen LogP contribution in [0.15, 0.2) is 42.5 Å². The van der Waals surface area contributed by atoms with Gasteiger partial charge in [0.2, 0.25) is 6.10 Å². The van der Waals surface area contributed by atoms with Crippen LogP contribution in [0.4, 0.5) is 26.3 Å². The molecule has 0 amide bonds. The molecule has 2 atom stereocenters. The van der Waals surface area contributed by atoms with Crippen molar-refractivity contribution in [2.24, 2.45) is 0 Å². The standard InChI is InChI=1S/C20H24F6O3/c1-3-4-5-6-7-11-14-16(19(21,22)23)29-17(27)18(28-2,20(24,25)26)15-12-9-8-10-13-15/h8-14,16H,3-7H2,1-2H3/b14-11+/t16-,18+/m1/s1. The quantitative estimate of drug-likeness (QED) is 0.197. The van der Waals surface area contributed by atoms with E-state index in [0.29, 0.717) is 19.6 Å².